The molecule has 0 bridgehead atoms. The number of hydrogen-bond acceptors (Lipinski definition) is 4. The average Bonchev–Trinajstić information content (AvgIpc) is 3.02. The van der Waals surface area contributed by atoms with Crippen LogP contribution in [0.1, 0.15) is 12.8 Å². The van der Waals surface area contributed by atoms with Crippen molar-refractivity contribution in [2.45, 2.75) is 18.9 Å². The predicted octanol–water partition coefficient (Wildman–Crippen LogP) is 3.06. The first-order valence-corrected chi connectivity index (χ1v) is 7.41. The smallest absolute Gasteiger partial charge is 0.141 e. The number of fused-ring (bicyclic) bond motifs is 1. The van der Waals surface area contributed by atoms with E-state index in [9.17, 15) is 0 Å². The van der Waals surface area contributed by atoms with Crippen molar-refractivity contribution in [3.05, 3.63) is 17.8 Å². The Morgan fingerprint density at radius 3 is 3.06 bits per heavy atom. The second-order valence-electron chi connectivity index (χ2n) is 3.95. The van der Waals surface area contributed by atoms with Crippen LogP contribution in [0.2, 0.25) is 0 Å². The lowest BCUT2D eigenvalue weighted by atomic mass is 10.3. The highest BCUT2D eigenvalue weighted by molar-refractivity contribution is 9.09. The zero-order valence-corrected chi connectivity index (χ0v) is 11.2. The van der Waals surface area contributed by atoms with Crippen molar-refractivity contribution < 1.29 is 0 Å². The lowest BCUT2D eigenvalue weighted by Crippen LogP contribution is -2.28. The molecular formula is C11H12BrN3S. The summed E-state index contributed by atoms with van der Waals surface area (Å²) >= 11 is 5.20. The molecule has 2 heterocycles. The van der Waals surface area contributed by atoms with Crippen molar-refractivity contribution in [1.29, 1.82) is 0 Å². The fraction of sp³-hybridized carbons (Fsp3) is 0.455. The van der Waals surface area contributed by atoms with Gasteiger partial charge in [0.1, 0.15) is 17.0 Å². The van der Waals surface area contributed by atoms with Crippen LogP contribution < -0.4 is 4.90 Å². The monoisotopic (exact) mass is 297 g/mol. The van der Waals surface area contributed by atoms with Crippen molar-refractivity contribution in [1.82, 2.24) is 9.97 Å². The summed E-state index contributed by atoms with van der Waals surface area (Å²) in [6.45, 7) is 1.02. The highest BCUT2D eigenvalue weighted by Crippen LogP contribution is 2.34. The number of alkyl halides is 1. The van der Waals surface area contributed by atoms with E-state index in [1.54, 1.807) is 17.7 Å². The SMILES string of the molecule is BrCCN(c1ncnc2sccc12)C1CC1. The highest BCUT2D eigenvalue weighted by Gasteiger charge is 2.30. The van der Waals surface area contributed by atoms with Crippen molar-refractivity contribution in [3.8, 4) is 0 Å². The van der Waals surface area contributed by atoms with Crippen LogP contribution in [-0.4, -0.2) is 27.9 Å². The summed E-state index contributed by atoms with van der Waals surface area (Å²) in [5.41, 5.74) is 0. The Labute approximate surface area is 107 Å². The van der Waals surface area contributed by atoms with E-state index in [2.05, 4.69) is 42.2 Å². The molecule has 0 aliphatic heterocycles. The van der Waals surface area contributed by atoms with Gasteiger partial charge in [0.05, 0.1) is 5.39 Å². The Kier molecular flexibility index (Phi) is 2.81. The van der Waals surface area contributed by atoms with Gasteiger partial charge >= 0.3 is 0 Å². The summed E-state index contributed by atoms with van der Waals surface area (Å²) < 4.78 is 0. The van der Waals surface area contributed by atoms with Crippen molar-refractivity contribution in [3.63, 3.8) is 0 Å². The Morgan fingerprint density at radius 1 is 1.44 bits per heavy atom. The van der Waals surface area contributed by atoms with Gasteiger partial charge < -0.3 is 4.90 Å². The van der Waals surface area contributed by atoms with E-state index >= 15 is 0 Å². The van der Waals surface area contributed by atoms with E-state index in [1.807, 2.05) is 0 Å². The van der Waals surface area contributed by atoms with Crippen LogP contribution in [0.15, 0.2) is 17.8 Å². The lowest BCUT2D eigenvalue weighted by molar-refractivity contribution is 0.819. The van der Waals surface area contributed by atoms with Crippen LogP contribution in [0.25, 0.3) is 10.2 Å². The molecule has 0 unspecified atom stereocenters. The maximum absolute atomic E-state index is 4.46. The molecule has 1 aliphatic rings. The second kappa shape index (κ2) is 4.30. The molecular weight excluding hydrogens is 286 g/mol. The molecule has 16 heavy (non-hydrogen) atoms. The molecule has 0 amide bonds. The zero-order valence-electron chi connectivity index (χ0n) is 8.77. The topological polar surface area (TPSA) is 29.0 Å². The Bertz CT molecular complexity index is 495. The minimum atomic E-state index is 0.690. The van der Waals surface area contributed by atoms with Gasteiger partial charge in [-0.15, -0.1) is 11.3 Å². The molecule has 5 heteroatoms. The summed E-state index contributed by atoms with van der Waals surface area (Å²) in [6, 6.07) is 2.81. The van der Waals surface area contributed by atoms with Gasteiger partial charge in [0.15, 0.2) is 0 Å². The first-order valence-electron chi connectivity index (χ1n) is 5.41. The van der Waals surface area contributed by atoms with Gasteiger partial charge in [-0.2, -0.15) is 0 Å². The average molecular weight is 298 g/mol. The van der Waals surface area contributed by atoms with E-state index in [1.165, 1.54) is 18.2 Å². The third kappa shape index (κ3) is 1.82. The summed E-state index contributed by atoms with van der Waals surface area (Å²) in [4.78, 5) is 12.2. The third-order valence-electron chi connectivity index (χ3n) is 2.83. The van der Waals surface area contributed by atoms with Crippen LogP contribution in [0.3, 0.4) is 0 Å². The molecule has 84 valence electrons. The number of aromatic nitrogens is 2. The van der Waals surface area contributed by atoms with Crippen LogP contribution >= 0.6 is 27.3 Å². The molecule has 3 nitrogen and oxygen atoms in total. The van der Waals surface area contributed by atoms with Gasteiger partial charge in [-0.3, -0.25) is 0 Å². The highest BCUT2D eigenvalue weighted by atomic mass is 79.9. The standard InChI is InChI=1S/C11H12BrN3S/c12-4-5-15(8-1-2-8)10-9-3-6-16-11(9)14-7-13-10/h3,6-8H,1-2,4-5H2. The predicted molar refractivity (Wildman–Crippen MR) is 71.6 cm³/mol. The summed E-state index contributed by atoms with van der Waals surface area (Å²) in [6.07, 6.45) is 4.27. The van der Waals surface area contributed by atoms with Crippen LogP contribution in [0.5, 0.6) is 0 Å². The summed E-state index contributed by atoms with van der Waals surface area (Å²) in [7, 11) is 0. The van der Waals surface area contributed by atoms with E-state index in [0.717, 1.165) is 22.5 Å². The molecule has 0 radical (unpaired) electrons. The van der Waals surface area contributed by atoms with Gasteiger partial charge in [-0.1, -0.05) is 15.9 Å². The van der Waals surface area contributed by atoms with Crippen molar-refractivity contribution in [2.24, 2.45) is 0 Å². The minimum absolute atomic E-state index is 0.690. The van der Waals surface area contributed by atoms with E-state index < -0.39 is 0 Å². The van der Waals surface area contributed by atoms with E-state index in [4.69, 9.17) is 0 Å². The van der Waals surface area contributed by atoms with Crippen LogP contribution in [0, 0.1) is 0 Å². The number of rotatable bonds is 4. The first-order chi connectivity index (χ1) is 7.90. The minimum Gasteiger partial charge on any atom is -0.352 e. The van der Waals surface area contributed by atoms with Gasteiger partial charge in [-0.05, 0) is 24.3 Å². The zero-order chi connectivity index (χ0) is 11.0. The number of hydrogen-bond donors (Lipinski definition) is 0. The molecule has 3 rings (SSSR count). The lowest BCUT2D eigenvalue weighted by Gasteiger charge is -2.22. The van der Waals surface area contributed by atoms with E-state index in [-0.39, 0.29) is 0 Å². The van der Waals surface area contributed by atoms with Gasteiger partial charge in [-0.25, -0.2) is 9.97 Å². The quantitative estimate of drug-likeness (QED) is 0.812. The summed E-state index contributed by atoms with van der Waals surface area (Å²) in [5, 5.41) is 4.27. The third-order valence-corrected chi connectivity index (χ3v) is 4.00. The summed E-state index contributed by atoms with van der Waals surface area (Å²) in [5.74, 6) is 1.10. The molecule has 1 aliphatic carbocycles. The molecule has 0 spiro atoms. The fourth-order valence-electron chi connectivity index (χ4n) is 1.94. The molecule has 0 N–H and O–H groups in total. The van der Waals surface area contributed by atoms with Crippen LogP contribution in [-0.2, 0) is 0 Å². The molecule has 2 aromatic rings. The van der Waals surface area contributed by atoms with Crippen LogP contribution in [0.4, 0.5) is 5.82 Å². The Balaban J connectivity index is 2.04. The fourth-order valence-corrected chi connectivity index (χ4v) is 3.05. The van der Waals surface area contributed by atoms with E-state index in [0.29, 0.717) is 6.04 Å². The first kappa shape index (κ1) is 10.5. The molecule has 0 atom stereocenters. The maximum atomic E-state index is 4.46. The molecule has 2 aromatic heterocycles. The van der Waals surface area contributed by atoms with Crippen molar-refractivity contribution in [2.75, 3.05) is 16.8 Å². The Morgan fingerprint density at radius 2 is 2.31 bits per heavy atom. The molecule has 0 aromatic carbocycles. The number of thiophene rings is 1. The molecule has 1 fully saturated rings. The maximum Gasteiger partial charge on any atom is 0.141 e. The molecule has 1 saturated carbocycles. The van der Waals surface area contributed by atoms with Gasteiger partial charge in [0, 0.05) is 17.9 Å². The second-order valence-corrected chi connectivity index (χ2v) is 5.64. The Hall–Kier alpha value is -0.680. The van der Waals surface area contributed by atoms with Gasteiger partial charge in [0.2, 0.25) is 0 Å². The van der Waals surface area contributed by atoms with Crippen molar-refractivity contribution >= 4 is 43.3 Å². The number of anilines is 1. The van der Waals surface area contributed by atoms with Gasteiger partial charge in [0.25, 0.3) is 0 Å². The largest absolute Gasteiger partial charge is 0.352 e. The number of nitrogens with zero attached hydrogens (tertiary/aromatic N) is 3. The number of halogens is 1. The normalized spacial score (nSPS) is 15.6. The molecule has 0 saturated heterocycles.